The summed E-state index contributed by atoms with van der Waals surface area (Å²) in [6, 6.07) is 7.97. The maximum Gasteiger partial charge on any atom is 0.220 e. The van der Waals surface area contributed by atoms with Crippen LogP contribution in [-0.2, 0) is 5.41 Å². The Hall–Kier alpha value is -2.10. The molecular weight excluding hydrogens is 238 g/mol. The van der Waals surface area contributed by atoms with Crippen molar-refractivity contribution in [3.8, 4) is 17.0 Å². The highest BCUT2D eigenvalue weighted by Crippen LogP contribution is 2.33. The second kappa shape index (κ2) is 4.88. The van der Waals surface area contributed by atoms with Gasteiger partial charge in [0.25, 0.3) is 0 Å². The summed E-state index contributed by atoms with van der Waals surface area (Å²) >= 11 is 0. The zero-order valence-corrected chi connectivity index (χ0v) is 11.8. The molecule has 2 rings (SSSR count). The van der Waals surface area contributed by atoms with Gasteiger partial charge in [-0.05, 0) is 29.2 Å². The van der Waals surface area contributed by atoms with Crippen molar-refractivity contribution >= 4 is 5.95 Å². The molecule has 2 aromatic rings. The van der Waals surface area contributed by atoms with Gasteiger partial charge >= 0.3 is 0 Å². The Kier molecular flexibility index (Phi) is 3.42. The first-order chi connectivity index (χ1) is 8.91. The number of anilines is 1. The fourth-order valence-corrected chi connectivity index (χ4v) is 1.90. The predicted molar refractivity (Wildman–Crippen MR) is 77.1 cm³/mol. The molecule has 0 aliphatic carbocycles. The van der Waals surface area contributed by atoms with Crippen LogP contribution in [0, 0.1) is 0 Å². The van der Waals surface area contributed by atoms with Crippen molar-refractivity contribution in [1.82, 2.24) is 9.97 Å². The van der Waals surface area contributed by atoms with Crippen LogP contribution in [0.1, 0.15) is 26.3 Å². The van der Waals surface area contributed by atoms with Gasteiger partial charge in [-0.1, -0.05) is 26.8 Å². The van der Waals surface area contributed by atoms with Gasteiger partial charge in [-0.2, -0.15) is 0 Å². The molecule has 0 spiro atoms. The minimum atomic E-state index is 0.0690. The summed E-state index contributed by atoms with van der Waals surface area (Å²) < 4.78 is 5.41. The minimum absolute atomic E-state index is 0.0690. The zero-order valence-electron chi connectivity index (χ0n) is 11.8. The third-order valence-electron chi connectivity index (χ3n) is 3.02. The van der Waals surface area contributed by atoms with Crippen LogP contribution >= 0.6 is 0 Å². The molecular formula is C15H19N3O. The van der Waals surface area contributed by atoms with Crippen LogP contribution in [0.25, 0.3) is 11.3 Å². The van der Waals surface area contributed by atoms with Crippen molar-refractivity contribution < 1.29 is 4.74 Å². The van der Waals surface area contributed by atoms with Crippen LogP contribution in [0.2, 0.25) is 0 Å². The summed E-state index contributed by atoms with van der Waals surface area (Å²) in [4.78, 5) is 8.18. The van der Waals surface area contributed by atoms with E-state index < -0.39 is 0 Å². The van der Waals surface area contributed by atoms with Gasteiger partial charge in [0.2, 0.25) is 5.95 Å². The highest BCUT2D eigenvalue weighted by Gasteiger charge is 2.17. The molecule has 4 heteroatoms. The van der Waals surface area contributed by atoms with E-state index in [0.717, 1.165) is 17.0 Å². The summed E-state index contributed by atoms with van der Waals surface area (Å²) in [5, 5.41) is 0. The van der Waals surface area contributed by atoms with Gasteiger partial charge in [-0.25, -0.2) is 9.97 Å². The maximum atomic E-state index is 5.65. The third kappa shape index (κ3) is 2.84. The van der Waals surface area contributed by atoms with Gasteiger partial charge in [-0.15, -0.1) is 0 Å². The zero-order chi connectivity index (χ0) is 14.0. The number of ether oxygens (including phenoxy) is 1. The molecule has 0 bridgehead atoms. The van der Waals surface area contributed by atoms with E-state index in [9.17, 15) is 0 Å². The summed E-state index contributed by atoms with van der Waals surface area (Å²) in [6.07, 6.45) is 1.65. The van der Waals surface area contributed by atoms with Gasteiger partial charge in [0.05, 0.1) is 12.8 Å². The Balaban J connectivity index is 2.60. The molecule has 0 aliphatic rings. The fourth-order valence-electron chi connectivity index (χ4n) is 1.90. The molecule has 0 amide bonds. The Morgan fingerprint density at radius 1 is 1.16 bits per heavy atom. The largest absolute Gasteiger partial charge is 0.496 e. The molecule has 0 unspecified atom stereocenters. The normalized spacial score (nSPS) is 11.4. The fraction of sp³-hybridized carbons (Fsp3) is 0.333. The number of aromatic nitrogens is 2. The van der Waals surface area contributed by atoms with E-state index in [2.05, 4.69) is 42.9 Å². The van der Waals surface area contributed by atoms with Gasteiger partial charge in [0.1, 0.15) is 5.75 Å². The van der Waals surface area contributed by atoms with E-state index in [1.807, 2.05) is 12.1 Å². The van der Waals surface area contributed by atoms with Gasteiger partial charge in [0, 0.05) is 11.8 Å². The smallest absolute Gasteiger partial charge is 0.220 e. The molecule has 0 aliphatic heterocycles. The molecule has 0 saturated carbocycles. The highest BCUT2D eigenvalue weighted by molar-refractivity contribution is 5.69. The molecule has 0 fully saturated rings. The van der Waals surface area contributed by atoms with Crippen LogP contribution in [0.4, 0.5) is 5.95 Å². The molecule has 1 aromatic carbocycles. The summed E-state index contributed by atoms with van der Waals surface area (Å²) in [5.74, 6) is 1.05. The summed E-state index contributed by atoms with van der Waals surface area (Å²) in [5.41, 5.74) is 8.65. The van der Waals surface area contributed by atoms with Crippen LogP contribution in [-0.4, -0.2) is 17.1 Å². The lowest BCUT2D eigenvalue weighted by Crippen LogP contribution is -2.11. The van der Waals surface area contributed by atoms with Crippen molar-refractivity contribution in [2.24, 2.45) is 0 Å². The highest BCUT2D eigenvalue weighted by atomic mass is 16.5. The molecule has 2 N–H and O–H groups in total. The molecule has 0 radical (unpaired) electrons. The SMILES string of the molecule is COc1ccc(C(C)(C)C)cc1-c1ccnc(N)n1. The first-order valence-corrected chi connectivity index (χ1v) is 6.19. The monoisotopic (exact) mass is 257 g/mol. The van der Waals surface area contributed by atoms with Crippen molar-refractivity contribution in [2.75, 3.05) is 12.8 Å². The maximum absolute atomic E-state index is 5.65. The number of methoxy groups -OCH3 is 1. The van der Waals surface area contributed by atoms with Crippen LogP contribution in [0.3, 0.4) is 0 Å². The molecule has 19 heavy (non-hydrogen) atoms. The van der Waals surface area contributed by atoms with E-state index >= 15 is 0 Å². The Morgan fingerprint density at radius 2 is 1.89 bits per heavy atom. The number of nitrogen functional groups attached to an aromatic ring is 1. The van der Waals surface area contributed by atoms with Crippen molar-refractivity contribution in [3.05, 3.63) is 36.0 Å². The average molecular weight is 257 g/mol. The summed E-state index contributed by atoms with van der Waals surface area (Å²) in [6.45, 7) is 6.52. The van der Waals surface area contributed by atoms with E-state index in [0.29, 0.717) is 0 Å². The number of nitrogens with zero attached hydrogens (tertiary/aromatic N) is 2. The number of benzene rings is 1. The molecule has 4 nitrogen and oxygen atoms in total. The molecule has 100 valence electrons. The van der Waals surface area contributed by atoms with Crippen molar-refractivity contribution in [3.63, 3.8) is 0 Å². The lowest BCUT2D eigenvalue weighted by atomic mass is 9.85. The van der Waals surface area contributed by atoms with Gasteiger partial charge in [0.15, 0.2) is 0 Å². The van der Waals surface area contributed by atoms with Crippen LogP contribution in [0.5, 0.6) is 5.75 Å². The lowest BCUT2D eigenvalue weighted by molar-refractivity contribution is 0.415. The van der Waals surface area contributed by atoms with Crippen molar-refractivity contribution in [2.45, 2.75) is 26.2 Å². The molecule has 1 heterocycles. The van der Waals surface area contributed by atoms with Gasteiger partial charge in [-0.3, -0.25) is 0 Å². The number of hydrogen-bond donors (Lipinski definition) is 1. The first kappa shape index (κ1) is 13.3. The van der Waals surface area contributed by atoms with E-state index in [-0.39, 0.29) is 11.4 Å². The molecule has 0 saturated heterocycles. The number of nitrogens with two attached hydrogens (primary N) is 1. The standard InChI is InChI=1S/C15H19N3O/c1-15(2,3)10-5-6-13(19-4)11(9-10)12-7-8-17-14(16)18-12/h5-9H,1-4H3,(H2,16,17,18). The lowest BCUT2D eigenvalue weighted by Gasteiger charge is -2.21. The topological polar surface area (TPSA) is 61.0 Å². The van der Waals surface area contributed by atoms with Gasteiger partial charge < -0.3 is 10.5 Å². The van der Waals surface area contributed by atoms with E-state index in [1.165, 1.54) is 5.56 Å². The quantitative estimate of drug-likeness (QED) is 0.898. The Labute approximate surface area is 113 Å². The Bertz CT molecular complexity index is 588. The second-order valence-electron chi connectivity index (χ2n) is 5.47. The second-order valence-corrected chi connectivity index (χ2v) is 5.47. The first-order valence-electron chi connectivity index (χ1n) is 6.19. The van der Waals surface area contributed by atoms with Crippen LogP contribution < -0.4 is 10.5 Å². The third-order valence-corrected chi connectivity index (χ3v) is 3.02. The van der Waals surface area contributed by atoms with E-state index in [4.69, 9.17) is 10.5 Å². The minimum Gasteiger partial charge on any atom is -0.496 e. The van der Waals surface area contributed by atoms with Crippen molar-refractivity contribution in [1.29, 1.82) is 0 Å². The Morgan fingerprint density at radius 3 is 2.47 bits per heavy atom. The average Bonchev–Trinajstić information content (AvgIpc) is 2.37. The number of rotatable bonds is 2. The predicted octanol–water partition coefficient (Wildman–Crippen LogP) is 3.03. The summed E-state index contributed by atoms with van der Waals surface area (Å²) in [7, 11) is 1.65. The van der Waals surface area contributed by atoms with Crippen LogP contribution in [0.15, 0.2) is 30.5 Å². The van der Waals surface area contributed by atoms with E-state index in [1.54, 1.807) is 13.3 Å². The number of hydrogen-bond acceptors (Lipinski definition) is 4. The molecule has 0 atom stereocenters. The molecule has 1 aromatic heterocycles.